The Morgan fingerprint density at radius 2 is 2.00 bits per heavy atom. The molecular formula is C23H25N3O3S. The molecule has 6 nitrogen and oxygen atoms in total. The Bertz CT molecular complexity index is 985. The summed E-state index contributed by atoms with van der Waals surface area (Å²) in [6.07, 6.45) is 11.3. The minimum atomic E-state index is -0.144. The number of benzene rings is 1. The van der Waals surface area contributed by atoms with Crippen molar-refractivity contribution >= 4 is 27.6 Å². The van der Waals surface area contributed by atoms with Crippen LogP contribution in [0.3, 0.4) is 0 Å². The maximum Gasteiger partial charge on any atom is 0.410 e. The van der Waals surface area contributed by atoms with Crippen LogP contribution in [-0.2, 0) is 4.74 Å². The summed E-state index contributed by atoms with van der Waals surface area (Å²) in [7, 11) is 0. The fourth-order valence-corrected chi connectivity index (χ4v) is 5.06. The van der Waals surface area contributed by atoms with E-state index in [1.807, 2.05) is 29.2 Å². The lowest BCUT2D eigenvalue weighted by Crippen LogP contribution is -2.45. The molecule has 30 heavy (non-hydrogen) atoms. The van der Waals surface area contributed by atoms with E-state index in [0.717, 1.165) is 61.4 Å². The van der Waals surface area contributed by atoms with Crippen LogP contribution in [0.15, 0.2) is 59.9 Å². The van der Waals surface area contributed by atoms with Gasteiger partial charge in [-0.1, -0.05) is 35.6 Å². The van der Waals surface area contributed by atoms with Gasteiger partial charge in [-0.05, 0) is 49.1 Å². The molecular weight excluding hydrogens is 398 g/mol. The molecule has 1 amide bonds. The van der Waals surface area contributed by atoms with E-state index < -0.39 is 0 Å². The molecule has 0 atom stereocenters. The Kier molecular flexibility index (Phi) is 5.55. The van der Waals surface area contributed by atoms with Crippen LogP contribution < -0.4 is 4.74 Å². The molecule has 2 aromatic rings. The number of aromatic nitrogens is 1. The van der Waals surface area contributed by atoms with Crippen LogP contribution in [0.4, 0.5) is 4.79 Å². The number of hydrogen-bond donors (Lipinski definition) is 0. The Labute approximate surface area is 180 Å². The van der Waals surface area contributed by atoms with Gasteiger partial charge in [0.05, 0.1) is 16.8 Å². The first-order valence-corrected chi connectivity index (χ1v) is 11.3. The molecule has 2 fully saturated rings. The van der Waals surface area contributed by atoms with Crippen molar-refractivity contribution in [2.24, 2.45) is 0 Å². The molecule has 1 aromatic heterocycles. The smallest absolute Gasteiger partial charge is 0.410 e. The number of nitrogens with zero attached hydrogens (tertiary/aromatic N) is 3. The first-order valence-electron chi connectivity index (χ1n) is 10.5. The summed E-state index contributed by atoms with van der Waals surface area (Å²) < 4.78 is 12.2. The van der Waals surface area contributed by atoms with Gasteiger partial charge in [-0.15, -0.1) is 0 Å². The van der Waals surface area contributed by atoms with E-state index in [1.54, 1.807) is 11.3 Å². The third-order valence-corrected chi connectivity index (χ3v) is 6.75. The second-order valence-corrected chi connectivity index (χ2v) is 8.81. The second kappa shape index (κ2) is 8.62. The van der Waals surface area contributed by atoms with E-state index in [4.69, 9.17) is 9.47 Å². The van der Waals surface area contributed by atoms with Gasteiger partial charge in [-0.3, -0.25) is 4.90 Å². The van der Waals surface area contributed by atoms with Crippen LogP contribution >= 0.6 is 11.3 Å². The number of carbonyl (C=O) groups is 1. The van der Waals surface area contributed by atoms with Gasteiger partial charge in [-0.2, -0.15) is 0 Å². The Morgan fingerprint density at radius 3 is 2.80 bits per heavy atom. The number of piperidine rings is 1. The molecule has 1 aromatic carbocycles. The normalized spacial score (nSPS) is 20.8. The average molecular weight is 424 g/mol. The highest BCUT2D eigenvalue weighted by atomic mass is 32.1. The standard InChI is InChI=1S/C23H25N3O3S/c27-23-26(14-15-28-23)18-10-12-25(13-11-18)16-17-4-3-5-19(9-8-17)29-22-24-20-6-1-2-7-21(20)30-22/h1-2,4-9,18H,3,10-16H2. The molecule has 3 aliphatic rings. The fraction of sp³-hybridized carbons (Fsp3) is 0.391. The summed E-state index contributed by atoms with van der Waals surface area (Å²) in [6.45, 7) is 4.20. The maximum absolute atomic E-state index is 11.8. The van der Waals surface area contributed by atoms with Crippen molar-refractivity contribution in [3.63, 3.8) is 0 Å². The van der Waals surface area contributed by atoms with E-state index in [1.165, 1.54) is 5.57 Å². The zero-order valence-electron chi connectivity index (χ0n) is 16.8. The van der Waals surface area contributed by atoms with E-state index in [9.17, 15) is 4.79 Å². The van der Waals surface area contributed by atoms with Crippen molar-refractivity contribution in [2.45, 2.75) is 25.3 Å². The molecule has 0 spiro atoms. The van der Waals surface area contributed by atoms with Gasteiger partial charge in [0.25, 0.3) is 5.19 Å². The minimum absolute atomic E-state index is 0.144. The van der Waals surface area contributed by atoms with Gasteiger partial charge >= 0.3 is 6.09 Å². The van der Waals surface area contributed by atoms with Gasteiger partial charge in [-0.25, -0.2) is 9.78 Å². The number of allylic oxidation sites excluding steroid dienone is 3. The number of carbonyl (C=O) groups excluding carboxylic acids is 1. The zero-order chi connectivity index (χ0) is 20.3. The van der Waals surface area contributed by atoms with Crippen molar-refractivity contribution in [3.05, 3.63) is 59.9 Å². The molecule has 1 aliphatic carbocycles. The number of ether oxygens (including phenoxy) is 2. The third-order valence-electron chi connectivity index (χ3n) is 5.84. The molecule has 0 bridgehead atoms. The van der Waals surface area contributed by atoms with Crippen molar-refractivity contribution in [1.29, 1.82) is 0 Å². The number of hydrogen-bond acceptors (Lipinski definition) is 6. The topological polar surface area (TPSA) is 54.9 Å². The highest BCUT2D eigenvalue weighted by Crippen LogP contribution is 2.29. The average Bonchev–Trinajstić information content (AvgIpc) is 3.30. The first kappa shape index (κ1) is 19.3. The number of cyclic esters (lactones) is 1. The molecule has 5 rings (SSSR count). The lowest BCUT2D eigenvalue weighted by atomic mass is 10.0. The summed E-state index contributed by atoms with van der Waals surface area (Å²) in [5.41, 5.74) is 2.27. The van der Waals surface area contributed by atoms with Crippen molar-refractivity contribution < 1.29 is 14.3 Å². The monoisotopic (exact) mass is 423 g/mol. The Morgan fingerprint density at radius 1 is 1.13 bits per heavy atom. The van der Waals surface area contributed by atoms with Crippen molar-refractivity contribution in [2.75, 3.05) is 32.8 Å². The van der Waals surface area contributed by atoms with Gasteiger partial charge in [0.1, 0.15) is 12.4 Å². The maximum atomic E-state index is 11.8. The summed E-state index contributed by atoms with van der Waals surface area (Å²) in [5, 5.41) is 0.679. The number of amides is 1. The van der Waals surface area contributed by atoms with E-state index in [-0.39, 0.29) is 6.09 Å². The van der Waals surface area contributed by atoms with E-state index in [2.05, 4.69) is 34.2 Å². The Hall–Kier alpha value is -2.64. The van der Waals surface area contributed by atoms with E-state index in [0.29, 0.717) is 17.8 Å². The molecule has 156 valence electrons. The highest BCUT2D eigenvalue weighted by Gasteiger charge is 2.32. The minimum Gasteiger partial charge on any atom is -0.448 e. The van der Waals surface area contributed by atoms with Crippen LogP contribution in [0.25, 0.3) is 10.2 Å². The molecule has 2 saturated heterocycles. The molecule has 0 unspecified atom stereocenters. The lowest BCUT2D eigenvalue weighted by molar-refractivity contribution is 0.121. The van der Waals surface area contributed by atoms with Crippen LogP contribution in [0.2, 0.25) is 0 Å². The number of thiazole rings is 1. The van der Waals surface area contributed by atoms with Gasteiger partial charge < -0.3 is 14.4 Å². The Balaban J connectivity index is 1.14. The van der Waals surface area contributed by atoms with E-state index >= 15 is 0 Å². The first-order chi connectivity index (χ1) is 14.7. The quantitative estimate of drug-likeness (QED) is 0.715. The largest absolute Gasteiger partial charge is 0.448 e. The van der Waals surface area contributed by atoms with Crippen molar-refractivity contribution in [1.82, 2.24) is 14.8 Å². The molecule has 2 aliphatic heterocycles. The molecule has 0 saturated carbocycles. The third kappa shape index (κ3) is 4.27. The van der Waals surface area contributed by atoms with Gasteiger partial charge in [0, 0.05) is 25.7 Å². The summed E-state index contributed by atoms with van der Waals surface area (Å²) in [6, 6.07) is 8.40. The van der Waals surface area contributed by atoms with Crippen LogP contribution in [-0.4, -0.2) is 59.7 Å². The molecule has 7 heteroatoms. The molecule has 0 radical (unpaired) electrons. The van der Waals surface area contributed by atoms with Gasteiger partial charge in [0.15, 0.2) is 0 Å². The number of rotatable bonds is 5. The van der Waals surface area contributed by atoms with Gasteiger partial charge in [0.2, 0.25) is 0 Å². The predicted octanol–water partition coefficient (Wildman–Crippen LogP) is 4.36. The summed E-state index contributed by atoms with van der Waals surface area (Å²) >= 11 is 1.57. The van der Waals surface area contributed by atoms with Crippen LogP contribution in [0.5, 0.6) is 5.19 Å². The number of likely N-dealkylation sites (tertiary alicyclic amines) is 1. The SMILES string of the molecule is O=C1OCCN1C1CCN(CC2=CCC=C(Oc3nc4ccccc4s3)C=C2)CC1. The summed E-state index contributed by atoms with van der Waals surface area (Å²) in [5.74, 6) is 0.839. The fourth-order valence-electron chi connectivity index (χ4n) is 4.22. The molecule has 3 heterocycles. The number of para-hydroxylation sites is 1. The number of fused-ring (bicyclic) bond motifs is 1. The molecule has 0 N–H and O–H groups in total. The predicted molar refractivity (Wildman–Crippen MR) is 118 cm³/mol. The zero-order valence-corrected chi connectivity index (χ0v) is 17.6. The lowest BCUT2D eigenvalue weighted by Gasteiger charge is -2.35. The summed E-state index contributed by atoms with van der Waals surface area (Å²) in [4.78, 5) is 20.7. The van der Waals surface area contributed by atoms with Crippen LogP contribution in [0, 0.1) is 0 Å². The second-order valence-electron chi connectivity index (χ2n) is 7.82. The van der Waals surface area contributed by atoms with Crippen molar-refractivity contribution in [3.8, 4) is 5.19 Å². The highest BCUT2D eigenvalue weighted by molar-refractivity contribution is 7.20. The van der Waals surface area contributed by atoms with Crippen LogP contribution in [0.1, 0.15) is 19.3 Å².